The van der Waals surface area contributed by atoms with Gasteiger partial charge in [-0.15, -0.1) is 0 Å². The number of rotatable bonds is 5. The minimum absolute atomic E-state index is 0.286. The molecule has 2 aliphatic heterocycles. The Labute approximate surface area is 105 Å². The molecule has 0 aromatic carbocycles. The molecule has 3 atom stereocenters. The van der Waals surface area contributed by atoms with Crippen LogP contribution in [0, 0.1) is 5.92 Å². The summed E-state index contributed by atoms with van der Waals surface area (Å²) in [7, 11) is 2.27. The van der Waals surface area contributed by atoms with Crippen LogP contribution in [0.15, 0.2) is 0 Å². The van der Waals surface area contributed by atoms with Gasteiger partial charge in [0.15, 0.2) is 0 Å². The minimum atomic E-state index is 0.286. The molecule has 17 heavy (non-hydrogen) atoms. The Balaban J connectivity index is 1.88. The number of nitrogens with two attached hydrogens (primary N) is 1. The van der Waals surface area contributed by atoms with Gasteiger partial charge in [0.25, 0.3) is 0 Å². The predicted octanol–water partition coefficient (Wildman–Crippen LogP) is 1.12. The summed E-state index contributed by atoms with van der Waals surface area (Å²) in [5.74, 6) is 6.37. The van der Waals surface area contributed by atoms with Crippen LogP contribution in [-0.2, 0) is 4.74 Å². The molecule has 2 aliphatic rings. The second-order valence-corrected chi connectivity index (χ2v) is 5.94. The summed E-state index contributed by atoms with van der Waals surface area (Å²) in [5.41, 5.74) is 2.97. The van der Waals surface area contributed by atoms with Crippen LogP contribution in [0.5, 0.6) is 0 Å². The molecule has 0 amide bonds. The maximum Gasteiger partial charge on any atom is 0.0639 e. The molecule has 0 radical (unpaired) electrons. The number of hydrogen-bond donors (Lipinski definition) is 2. The van der Waals surface area contributed by atoms with E-state index in [4.69, 9.17) is 10.6 Å². The molecule has 0 aliphatic carbocycles. The van der Waals surface area contributed by atoms with Crippen LogP contribution < -0.4 is 11.3 Å². The molecule has 100 valence electrons. The van der Waals surface area contributed by atoms with Gasteiger partial charge in [-0.3, -0.25) is 11.3 Å². The van der Waals surface area contributed by atoms with Crippen molar-refractivity contribution in [3.63, 3.8) is 0 Å². The molecule has 2 fully saturated rings. The monoisotopic (exact) mass is 241 g/mol. The van der Waals surface area contributed by atoms with Crippen molar-refractivity contribution in [2.45, 2.75) is 63.8 Å². The zero-order valence-electron chi connectivity index (χ0n) is 11.4. The van der Waals surface area contributed by atoms with Gasteiger partial charge < -0.3 is 9.64 Å². The predicted molar refractivity (Wildman–Crippen MR) is 69.5 cm³/mol. The van der Waals surface area contributed by atoms with Crippen molar-refractivity contribution < 1.29 is 4.74 Å². The highest BCUT2D eigenvalue weighted by atomic mass is 16.5. The molecule has 0 saturated carbocycles. The van der Waals surface area contributed by atoms with Gasteiger partial charge >= 0.3 is 0 Å². The van der Waals surface area contributed by atoms with Crippen molar-refractivity contribution in [2.75, 3.05) is 13.7 Å². The number of ether oxygens (including phenoxy) is 1. The first-order chi connectivity index (χ1) is 8.11. The zero-order chi connectivity index (χ0) is 12.4. The van der Waals surface area contributed by atoms with Gasteiger partial charge in [-0.2, -0.15) is 0 Å². The molecule has 0 aromatic rings. The van der Waals surface area contributed by atoms with Crippen LogP contribution in [0.4, 0.5) is 0 Å². The van der Waals surface area contributed by atoms with E-state index in [1.807, 2.05) is 0 Å². The average molecular weight is 241 g/mol. The smallest absolute Gasteiger partial charge is 0.0639 e. The lowest BCUT2D eigenvalue weighted by atomic mass is 9.85. The van der Waals surface area contributed by atoms with E-state index in [9.17, 15) is 0 Å². The third-order valence-corrected chi connectivity index (χ3v) is 4.53. The summed E-state index contributed by atoms with van der Waals surface area (Å²) in [6.45, 7) is 4.89. The Bertz CT molecular complexity index is 233. The number of nitrogens with one attached hydrogen (secondary N) is 1. The molecule has 2 saturated heterocycles. The Morgan fingerprint density at radius 3 is 2.35 bits per heavy atom. The van der Waals surface area contributed by atoms with Gasteiger partial charge in [-0.1, -0.05) is 0 Å². The van der Waals surface area contributed by atoms with Crippen molar-refractivity contribution in [1.82, 2.24) is 10.3 Å². The maximum atomic E-state index is 5.71. The topological polar surface area (TPSA) is 50.5 Å². The number of fused-ring (bicyclic) bond motifs is 2. The van der Waals surface area contributed by atoms with Crippen LogP contribution in [-0.4, -0.2) is 42.8 Å². The summed E-state index contributed by atoms with van der Waals surface area (Å²) in [6.07, 6.45) is 5.54. The van der Waals surface area contributed by atoms with Crippen LogP contribution >= 0.6 is 0 Å². The van der Waals surface area contributed by atoms with Gasteiger partial charge in [0.05, 0.1) is 12.7 Å². The van der Waals surface area contributed by atoms with Crippen molar-refractivity contribution in [2.24, 2.45) is 11.8 Å². The number of nitrogens with zero attached hydrogens (tertiary/aromatic N) is 1. The van der Waals surface area contributed by atoms with E-state index in [1.165, 1.54) is 25.7 Å². The summed E-state index contributed by atoms with van der Waals surface area (Å²) >= 11 is 0. The van der Waals surface area contributed by atoms with Gasteiger partial charge in [0.1, 0.15) is 0 Å². The molecule has 2 heterocycles. The van der Waals surface area contributed by atoms with Gasteiger partial charge in [0, 0.05) is 18.1 Å². The van der Waals surface area contributed by atoms with Crippen molar-refractivity contribution in [3.8, 4) is 0 Å². The number of hydrogen-bond acceptors (Lipinski definition) is 4. The van der Waals surface area contributed by atoms with E-state index in [0.29, 0.717) is 12.0 Å². The fraction of sp³-hybridized carbons (Fsp3) is 1.00. The fourth-order valence-electron chi connectivity index (χ4n) is 3.40. The second-order valence-electron chi connectivity index (χ2n) is 5.94. The Morgan fingerprint density at radius 2 is 1.88 bits per heavy atom. The van der Waals surface area contributed by atoms with E-state index in [0.717, 1.165) is 18.7 Å². The molecule has 4 nitrogen and oxygen atoms in total. The maximum absolute atomic E-state index is 5.71. The quantitative estimate of drug-likeness (QED) is 0.559. The molecular formula is C13H27N3O. The largest absolute Gasteiger partial charge is 0.377 e. The van der Waals surface area contributed by atoms with Crippen LogP contribution in [0.25, 0.3) is 0 Å². The zero-order valence-corrected chi connectivity index (χ0v) is 11.4. The summed E-state index contributed by atoms with van der Waals surface area (Å²) in [4.78, 5) is 2.56. The number of hydrazine groups is 1. The highest BCUT2D eigenvalue weighted by Gasteiger charge is 2.40. The van der Waals surface area contributed by atoms with Gasteiger partial charge in [-0.05, 0) is 52.5 Å². The Hall–Kier alpha value is -0.160. The number of piperidine rings is 1. The molecule has 0 spiro atoms. The first-order valence-corrected chi connectivity index (χ1v) is 6.91. The molecule has 0 aromatic heterocycles. The molecule has 2 rings (SSSR count). The summed E-state index contributed by atoms with van der Waals surface area (Å²) in [5, 5.41) is 0. The van der Waals surface area contributed by atoms with Gasteiger partial charge in [0.2, 0.25) is 0 Å². The van der Waals surface area contributed by atoms with E-state index in [2.05, 4.69) is 31.2 Å². The molecule has 3 N–H and O–H groups in total. The van der Waals surface area contributed by atoms with Crippen molar-refractivity contribution >= 4 is 0 Å². The van der Waals surface area contributed by atoms with E-state index in [-0.39, 0.29) is 6.10 Å². The average Bonchev–Trinajstić information content (AvgIpc) is 2.53. The normalized spacial score (nSPS) is 35.5. The van der Waals surface area contributed by atoms with Crippen LogP contribution in [0.3, 0.4) is 0 Å². The summed E-state index contributed by atoms with van der Waals surface area (Å²) in [6, 6.07) is 1.86. The van der Waals surface area contributed by atoms with Crippen molar-refractivity contribution in [3.05, 3.63) is 0 Å². The summed E-state index contributed by atoms with van der Waals surface area (Å²) < 4.78 is 5.71. The fourth-order valence-corrected chi connectivity index (χ4v) is 3.40. The SMILES string of the molecule is CC(C)OCC(NN)C1CC2CCC(C1)N2C. The van der Waals surface area contributed by atoms with E-state index >= 15 is 0 Å². The standard InChI is InChI=1S/C13H27N3O/c1-9(2)17-8-13(15-14)10-6-11-4-5-12(7-10)16(11)3/h9-13,15H,4-8,14H2,1-3H3. The lowest BCUT2D eigenvalue weighted by Crippen LogP contribution is -2.51. The van der Waals surface area contributed by atoms with Crippen LogP contribution in [0.1, 0.15) is 39.5 Å². The highest BCUT2D eigenvalue weighted by molar-refractivity contribution is 4.96. The van der Waals surface area contributed by atoms with E-state index < -0.39 is 0 Å². The molecular weight excluding hydrogens is 214 g/mol. The Morgan fingerprint density at radius 1 is 1.29 bits per heavy atom. The highest BCUT2D eigenvalue weighted by Crippen LogP contribution is 2.38. The van der Waals surface area contributed by atoms with Crippen molar-refractivity contribution in [1.29, 1.82) is 0 Å². The van der Waals surface area contributed by atoms with E-state index in [1.54, 1.807) is 0 Å². The van der Waals surface area contributed by atoms with Gasteiger partial charge in [-0.25, -0.2) is 0 Å². The third kappa shape index (κ3) is 2.99. The third-order valence-electron chi connectivity index (χ3n) is 4.53. The minimum Gasteiger partial charge on any atom is -0.377 e. The van der Waals surface area contributed by atoms with Crippen LogP contribution in [0.2, 0.25) is 0 Å². The molecule has 2 bridgehead atoms. The first-order valence-electron chi connectivity index (χ1n) is 6.91. The lowest BCUT2D eigenvalue weighted by Gasteiger charge is -2.39. The first kappa shape index (κ1) is 13.3. The second kappa shape index (κ2) is 5.65. The Kier molecular flexibility index (Phi) is 4.42. The molecule has 4 heteroatoms. The molecule has 3 unspecified atom stereocenters. The lowest BCUT2D eigenvalue weighted by molar-refractivity contribution is 0.0281.